The lowest BCUT2D eigenvalue weighted by atomic mass is 10.1. The maximum atomic E-state index is 12.2. The quantitative estimate of drug-likeness (QED) is 0.825. The van der Waals surface area contributed by atoms with Crippen molar-refractivity contribution in [2.75, 3.05) is 33.1 Å². The van der Waals surface area contributed by atoms with Crippen LogP contribution in [0.5, 0.6) is 0 Å². The van der Waals surface area contributed by atoms with Gasteiger partial charge in [0.2, 0.25) is 10.0 Å². The van der Waals surface area contributed by atoms with Gasteiger partial charge >= 0.3 is 0 Å². The van der Waals surface area contributed by atoms with Crippen LogP contribution in [0.1, 0.15) is 15.4 Å². The van der Waals surface area contributed by atoms with Gasteiger partial charge in [-0.2, -0.15) is 0 Å². The molecule has 2 heterocycles. The summed E-state index contributed by atoms with van der Waals surface area (Å²) in [5.74, 6) is -0.501. The van der Waals surface area contributed by atoms with Gasteiger partial charge in [0.25, 0.3) is 5.91 Å². The number of nitrogens with zero attached hydrogens (tertiary/aromatic N) is 2. The third kappa shape index (κ3) is 3.79. The molecular weight excluding hydrogens is 314 g/mol. The number of thiazole rings is 1. The molecule has 2 rings (SSSR count). The highest BCUT2D eigenvalue weighted by atomic mass is 32.2. The lowest BCUT2D eigenvalue weighted by Crippen LogP contribution is -2.43. The Morgan fingerprint density at radius 3 is 2.81 bits per heavy atom. The molecule has 1 N–H and O–H groups in total. The van der Waals surface area contributed by atoms with Crippen molar-refractivity contribution in [2.24, 2.45) is 5.92 Å². The van der Waals surface area contributed by atoms with E-state index in [0.29, 0.717) is 23.8 Å². The van der Waals surface area contributed by atoms with Crippen molar-refractivity contribution in [3.63, 3.8) is 0 Å². The highest BCUT2D eigenvalue weighted by molar-refractivity contribution is 7.89. The van der Waals surface area contributed by atoms with Gasteiger partial charge < -0.3 is 10.1 Å². The Morgan fingerprint density at radius 1 is 1.52 bits per heavy atom. The van der Waals surface area contributed by atoms with Gasteiger partial charge in [0.05, 0.1) is 36.2 Å². The van der Waals surface area contributed by atoms with Crippen molar-refractivity contribution in [2.45, 2.75) is 13.0 Å². The summed E-state index contributed by atoms with van der Waals surface area (Å²) < 4.78 is 30.4. The van der Waals surface area contributed by atoms with Gasteiger partial charge in [-0.1, -0.05) is 0 Å². The van der Waals surface area contributed by atoms with Crippen LogP contribution in [0, 0.1) is 12.8 Å². The highest BCUT2D eigenvalue weighted by Gasteiger charge is 2.34. The molecule has 1 aromatic heterocycles. The van der Waals surface area contributed by atoms with Crippen LogP contribution < -0.4 is 5.32 Å². The third-order valence-corrected chi connectivity index (χ3v) is 6.34. The molecule has 1 aromatic rings. The number of ether oxygens (including phenoxy) is 1. The number of hydrogen-bond acceptors (Lipinski definition) is 6. The molecule has 1 fully saturated rings. The van der Waals surface area contributed by atoms with Crippen molar-refractivity contribution >= 4 is 27.3 Å². The summed E-state index contributed by atoms with van der Waals surface area (Å²) in [5.41, 5.74) is 2.29. The molecule has 2 atom stereocenters. The van der Waals surface area contributed by atoms with Gasteiger partial charge in [0.1, 0.15) is 4.88 Å². The Labute approximate surface area is 128 Å². The van der Waals surface area contributed by atoms with Crippen LogP contribution in [0.2, 0.25) is 0 Å². The number of aromatic nitrogens is 1. The van der Waals surface area contributed by atoms with E-state index in [-0.39, 0.29) is 23.6 Å². The summed E-state index contributed by atoms with van der Waals surface area (Å²) in [5, 5.41) is 2.86. The first-order valence-corrected chi connectivity index (χ1v) is 8.99. The minimum Gasteiger partial charge on any atom is -0.379 e. The van der Waals surface area contributed by atoms with E-state index in [4.69, 9.17) is 4.74 Å². The van der Waals surface area contributed by atoms with E-state index in [2.05, 4.69) is 10.3 Å². The fourth-order valence-corrected chi connectivity index (χ4v) is 3.97. The molecule has 1 aliphatic rings. The van der Waals surface area contributed by atoms with Crippen LogP contribution in [0.3, 0.4) is 0 Å². The Balaban J connectivity index is 2.03. The molecule has 0 spiro atoms. The summed E-state index contributed by atoms with van der Waals surface area (Å²) in [7, 11) is -0.321. The second-order valence-corrected chi connectivity index (χ2v) is 8.29. The first-order chi connectivity index (χ1) is 9.81. The van der Waals surface area contributed by atoms with E-state index >= 15 is 0 Å². The van der Waals surface area contributed by atoms with Gasteiger partial charge in [0.15, 0.2) is 0 Å². The van der Waals surface area contributed by atoms with Gasteiger partial charge in [-0.3, -0.25) is 4.79 Å². The zero-order chi connectivity index (χ0) is 15.6. The van der Waals surface area contributed by atoms with Crippen LogP contribution in [0.4, 0.5) is 0 Å². The van der Waals surface area contributed by atoms with Crippen molar-refractivity contribution in [3.8, 4) is 0 Å². The fourth-order valence-electron chi connectivity index (χ4n) is 2.10. The summed E-state index contributed by atoms with van der Waals surface area (Å²) in [6, 6.07) is -0.297. The molecule has 118 valence electrons. The van der Waals surface area contributed by atoms with E-state index in [1.165, 1.54) is 29.7 Å². The van der Waals surface area contributed by atoms with Gasteiger partial charge in [-0.15, -0.1) is 11.3 Å². The van der Waals surface area contributed by atoms with Crippen LogP contribution in [-0.2, 0) is 14.8 Å². The summed E-state index contributed by atoms with van der Waals surface area (Å²) in [6.45, 7) is 2.43. The van der Waals surface area contributed by atoms with E-state index in [1.54, 1.807) is 12.4 Å². The fraction of sp³-hybridized carbons (Fsp3) is 0.667. The number of carbonyl (C=O) groups is 1. The first kappa shape index (κ1) is 16.3. The van der Waals surface area contributed by atoms with Crippen molar-refractivity contribution in [3.05, 3.63) is 16.1 Å². The largest absolute Gasteiger partial charge is 0.379 e. The number of carbonyl (C=O) groups excluding carboxylic acids is 1. The van der Waals surface area contributed by atoms with Gasteiger partial charge in [0, 0.05) is 20.0 Å². The number of nitrogens with one attached hydrogen (secondary N) is 1. The van der Waals surface area contributed by atoms with Crippen LogP contribution in [-0.4, -0.2) is 62.7 Å². The molecule has 9 heteroatoms. The zero-order valence-electron chi connectivity index (χ0n) is 12.2. The Hall–Kier alpha value is -1.03. The molecule has 0 aliphatic carbocycles. The molecule has 0 radical (unpaired) electrons. The zero-order valence-corrected chi connectivity index (χ0v) is 13.8. The molecule has 0 bridgehead atoms. The topological polar surface area (TPSA) is 88.6 Å². The Kier molecular flexibility index (Phi) is 4.97. The number of amides is 1. The van der Waals surface area contributed by atoms with Crippen LogP contribution in [0.25, 0.3) is 0 Å². The standard InChI is InChI=1S/C12H19N3O4S2/c1-8-11(20-7-13-8)12(16)14-10-5-19-4-9(10)6-21(17,18)15(2)3/h7,9-10H,4-6H2,1-3H3,(H,14,16)/t9-,10-/m0/s1. The maximum Gasteiger partial charge on any atom is 0.263 e. The third-order valence-electron chi connectivity index (χ3n) is 3.45. The van der Waals surface area contributed by atoms with E-state index in [9.17, 15) is 13.2 Å². The lowest BCUT2D eigenvalue weighted by molar-refractivity contribution is 0.0929. The minimum atomic E-state index is -3.32. The summed E-state index contributed by atoms with van der Waals surface area (Å²) >= 11 is 1.27. The second-order valence-electron chi connectivity index (χ2n) is 5.21. The Morgan fingerprint density at radius 2 is 2.24 bits per heavy atom. The van der Waals surface area contributed by atoms with Crippen molar-refractivity contribution < 1.29 is 17.9 Å². The summed E-state index contributed by atoms with van der Waals surface area (Å²) in [6.07, 6.45) is 0. The lowest BCUT2D eigenvalue weighted by Gasteiger charge is -2.20. The smallest absolute Gasteiger partial charge is 0.263 e. The number of sulfonamides is 1. The van der Waals surface area contributed by atoms with Gasteiger partial charge in [-0.25, -0.2) is 17.7 Å². The van der Waals surface area contributed by atoms with E-state index in [1.807, 2.05) is 0 Å². The molecule has 1 saturated heterocycles. The summed E-state index contributed by atoms with van der Waals surface area (Å²) in [4.78, 5) is 16.8. The Bertz CT molecular complexity index is 612. The molecule has 0 unspecified atom stereocenters. The SMILES string of the molecule is Cc1ncsc1C(=O)N[C@H]1COC[C@H]1CS(=O)(=O)N(C)C. The van der Waals surface area contributed by atoms with Crippen molar-refractivity contribution in [1.82, 2.24) is 14.6 Å². The number of aryl methyl sites for hydroxylation is 1. The average Bonchev–Trinajstić information content (AvgIpc) is 2.98. The molecule has 1 amide bonds. The van der Waals surface area contributed by atoms with E-state index < -0.39 is 10.0 Å². The molecular formula is C12H19N3O4S2. The highest BCUT2D eigenvalue weighted by Crippen LogP contribution is 2.19. The molecule has 21 heavy (non-hydrogen) atoms. The minimum absolute atomic E-state index is 0.0351. The number of rotatable bonds is 5. The predicted octanol–water partition coefficient (Wildman–Crippen LogP) is 0.0877. The molecule has 7 nitrogen and oxygen atoms in total. The second kappa shape index (κ2) is 6.39. The molecule has 0 aromatic carbocycles. The molecule has 0 saturated carbocycles. The van der Waals surface area contributed by atoms with Crippen LogP contribution in [0.15, 0.2) is 5.51 Å². The van der Waals surface area contributed by atoms with Crippen molar-refractivity contribution in [1.29, 1.82) is 0 Å². The molecule has 1 aliphatic heterocycles. The normalized spacial score (nSPS) is 22.7. The monoisotopic (exact) mass is 333 g/mol. The average molecular weight is 333 g/mol. The van der Waals surface area contributed by atoms with E-state index in [0.717, 1.165) is 0 Å². The van der Waals surface area contributed by atoms with Crippen LogP contribution >= 0.6 is 11.3 Å². The van der Waals surface area contributed by atoms with Gasteiger partial charge in [-0.05, 0) is 6.92 Å². The first-order valence-electron chi connectivity index (χ1n) is 6.50. The number of hydrogen-bond donors (Lipinski definition) is 1. The maximum absolute atomic E-state index is 12.2. The predicted molar refractivity (Wildman–Crippen MR) is 79.9 cm³/mol.